The van der Waals surface area contributed by atoms with Gasteiger partial charge in [-0.2, -0.15) is 21.6 Å². The number of hydrogen-bond donors (Lipinski definition) is 0. The Labute approximate surface area is 109 Å². The Bertz CT molecular complexity index is 427. The van der Waals surface area contributed by atoms with Gasteiger partial charge < -0.3 is 9.47 Å². The van der Waals surface area contributed by atoms with Crippen LogP contribution in [0.15, 0.2) is 0 Å². The van der Waals surface area contributed by atoms with Gasteiger partial charge in [0.15, 0.2) is 5.79 Å². The summed E-state index contributed by atoms with van der Waals surface area (Å²) in [5.74, 6) is -1.31. The lowest BCUT2D eigenvalue weighted by molar-refractivity contribution is -0.234. The first-order valence-corrected chi connectivity index (χ1v) is 7.34. The molecule has 0 aromatic rings. The van der Waals surface area contributed by atoms with Gasteiger partial charge >= 0.3 is 15.6 Å². The predicted octanol–water partition coefficient (Wildman–Crippen LogP) is 1.78. The molecule has 2 atom stereocenters. The summed E-state index contributed by atoms with van der Waals surface area (Å²) < 4.78 is 74.3. The van der Waals surface area contributed by atoms with Crippen molar-refractivity contribution in [2.75, 3.05) is 13.2 Å². The minimum atomic E-state index is -5.64. The zero-order valence-corrected chi connectivity index (χ0v) is 11.1. The second-order valence-electron chi connectivity index (χ2n) is 4.87. The number of halogens is 3. The van der Waals surface area contributed by atoms with E-state index in [1.807, 2.05) is 6.92 Å². The molecule has 0 unspecified atom stereocenters. The van der Waals surface area contributed by atoms with Crippen LogP contribution in [0.25, 0.3) is 0 Å². The summed E-state index contributed by atoms with van der Waals surface area (Å²) in [5.41, 5.74) is -5.44. The third-order valence-electron chi connectivity index (χ3n) is 3.40. The van der Waals surface area contributed by atoms with Crippen LogP contribution < -0.4 is 0 Å². The Balaban J connectivity index is 2.20. The quantitative estimate of drug-likeness (QED) is 0.575. The average Bonchev–Trinajstić information content (AvgIpc) is 2.71. The number of hydrogen-bond acceptors (Lipinski definition) is 5. The van der Waals surface area contributed by atoms with Crippen LogP contribution in [0.1, 0.15) is 26.2 Å². The molecule has 2 fully saturated rings. The van der Waals surface area contributed by atoms with E-state index < -0.39 is 27.5 Å². The Kier molecular flexibility index (Phi) is 3.85. The lowest BCUT2D eigenvalue weighted by atomic mass is 9.84. The molecule has 1 saturated heterocycles. The normalized spacial score (nSPS) is 31.8. The molecule has 1 heterocycles. The average molecular weight is 304 g/mol. The van der Waals surface area contributed by atoms with Gasteiger partial charge in [-0.15, -0.1) is 0 Å². The van der Waals surface area contributed by atoms with E-state index in [0.29, 0.717) is 12.8 Å². The summed E-state index contributed by atoms with van der Waals surface area (Å²) in [7, 11) is -5.64. The summed E-state index contributed by atoms with van der Waals surface area (Å²) in [5, 5.41) is 0. The van der Waals surface area contributed by atoms with Crippen LogP contribution in [0.5, 0.6) is 0 Å². The summed E-state index contributed by atoms with van der Waals surface area (Å²) in [6, 6.07) is 0. The molecule has 0 bridgehead atoms. The van der Waals surface area contributed by atoms with Crippen molar-refractivity contribution in [3.63, 3.8) is 0 Å². The minimum Gasteiger partial charge on any atom is -0.345 e. The van der Waals surface area contributed by atoms with E-state index in [1.54, 1.807) is 0 Å². The third kappa shape index (κ3) is 2.88. The molecule has 0 amide bonds. The van der Waals surface area contributed by atoms with Gasteiger partial charge in [-0.05, 0) is 18.8 Å². The lowest BCUT2D eigenvalue weighted by Crippen LogP contribution is -2.51. The highest BCUT2D eigenvalue weighted by atomic mass is 32.2. The van der Waals surface area contributed by atoms with Gasteiger partial charge in [-0.3, -0.25) is 4.18 Å². The number of alkyl halides is 3. The van der Waals surface area contributed by atoms with Gasteiger partial charge in [0, 0.05) is 6.42 Å². The van der Waals surface area contributed by atoms with E-state index in [-0.39, 0.29) is 25.6 Å². The molecule has 9 heteroatoms. The third-order valence-corrected chi connectivity index (χ3v) is 4.45. The van der Waals surface area contributed by atoms with Crippen LogP contribution in [0.4, 0.5) is 13.2 Å². The molecule has 0 aromatic heterocycles. The second-order valence-corrected chi connectivity index (χ2v) is 6.44. The van der Waals surface area contributed by atoms with E-state index in [2.05, 4.69) is 4.18 Å². The molecule has 0 N–H and O–H groups in total. The maximum atomic E-state index is 12.4. The van der Waals surface area contributed by atoms with Crippen LogP contribution >= 0.6 is 0 Å². The van der Waals surface area contributed by atoms with Gasteiger partial charge in [-0.1, -0.05) is 6.92 Å². The minimum absolute atomic E-state index is 0.0480. The van der Waals surface area contributed by atoms with Gasteiger partial charge in [-0.25, -0.2) is 0 Å². The van der Waals surface area contributed by atoms with Crippen molar-refractivity contribution in [2.24, 2.45) is 5.92 Å². The molecule has 1 saturated carbocycles. The molecule has 2 rings (SSSR count). The van der Waals surface area contributed by atoms with Gasteiger partial charge in [0.2, 0.25) is 0 Å². The first-order valence-electron chi connectivity index (χ1n) is 5.94. The molecule has 19 heavy (non-hydrogen) atoms. The first-order chi connectivity index (χ1) is 8.66. The largest absolute Gasteiger partial charge is 0.523 e. The van der Waals surface area contributed by atoms with Crippen molar-refractivity contribution < 1.29 is 35.2 Å². The smallest absolute Gasteiger partial charge is 0.345 e. The highest BCUT2D eigenvalue weighted by molar-refractivity contribution is 7.87. The van der Waals surface area contributed by atoms with Crippen molar-refractivity contribution in [2.45, 2.75) is 43.6 Å². The van der Waals surface area contributed by atoms with Crippen LogP contribution in [0.3, 0.4) is 0 Å². The lowest BCUT2D eigenvalue weighted by Gasteiger charge is -2.40. The Morgan fingerprint density at radius 3 is 2.37 bits per heavy atom. The van der Waals surface area contributed by atoms with Gasteiger partial charge in [0.05, 0.1) is 13.2 Å². The Hall–Kier alpha value is -0.380. The zero-order chi connectivity index (χ0) is 14.3. The molecule has 0 radical (unpaired) electrons. The predicted molar refractivity (Wildman–Crippen MR) is 57.5 cm³/mol. The number of ether oxygens (including phenoxy) is 2. The first kappa shape index (κ1) is 15.0. The standard InChI is InChI=1S/C10H15F3O5S/c1-7-2-3-9(16-4-5-17-9)8(6-7)18-19(14,15)10(11,12)13/h7-8H,2-6H2,1H3/t7-,8-/m1/s1. The van der Waals surface area contributed by atoms with E-state index >= 15 is 0 Å². The van der Waals surface area contributed by atoms with Crippen LogP contribution in [-0.4, -0.2) is 39.0 Å². The molecular formula is C10H15F3O5S. The molecule has 112 valence electrons. The molecule has 1 spiro atoms. The highest BCUT2D eigenvalue weighted by Gasteiger charge is 2.55. The Morgan fingerprint density at radius 2 is 1.84 bits per heavy atom. The molecule has 5 nitrogen and oxygen atoms in total. The summed E-state index contributed by atoms with van der Waals surface area (Å²) in [6.45, 7) is 2.26. The van der Waals surface area contributed by atoms with E-state index in [1.165, 1.54) is 0 Å². The maximum absolute atomic E-state index is 12.4. The van der Waals surface area contributed by atoms with E-state index in [0.717, 1.165) is 0 Å². The van der Waals surface area contributed by atoms with Crippen molar-refractivity contribution >= 4 is 10.1 Å². The van der Waals surface area contributed by atoms with Gasteiger partial charge in [0.1, 0.15) is 6.10 Å². The number of rotatable bonds is 2. The monoisotopic (exact) mass is 304 g/mol. The molecular weight excluding hydrogens is 289 g/mol. The van der Waals surface area contributed by atoms with E-state index in [9.17, 15) is 21.6 Å². The second kappa shape index (κ2) is 4.87. The zero-order valence-electron chi connectivity index (χ0n) is 10.3. The van der Waals surface area contributed by atoms with Crippen molar-refractivity contribution in [3.05, 3.63) is 0 Å². The molecule has 1 aliphatic carbocycles. The molecule has 0 aromatic carbocycles. The topological polar surface area (TPSA) is 61.8 Å². The summed E-state index contributed by atoms with van der Waals surface area (Å²) in [4.78, 5) is 0. The SMILES string of the molecule is C[C@@H]1CCC2(OCCO2)[C@H](OS(=O)(=O)C(F)(F)F)C1. The fourth-order valence-electron chi connectivity index (χ4n) is 2.39. The fourth-order valence-corrected chi connectivity index (χ4v) is 3.03. The highest BCUT2D eigenvalue weighted by Crippen LogP contribution is 2.42. The van der Waals surface area contributed by atoms with E-state index in [4.69, 9.17) is 9.47 Å². The van der Waals surface area contributed by atoms with Gasteiger partial charge in [0.25, 0.3) is 0 Å². The maximum Gasteiger partial charge on any atom is 0.523 e. The Morgan fingerprint density at radius 1 is 1.26 bits per heavy atom. The fraction of sp³-hybridized carbons (Fsp3) is 1.00. The van der Waals surface area contributed by atoms with Crippen LogP contribution in [-0.2, 0) is 23.8 Å². The van der Waals surface area contributed by atoms with Crippen LogP contribution in [0, 0.1) is 5.92 Å². The summed E-state index contributed by atoms with van der Waals surface area (Å²) in [6.07, 6.45) is -0.0987. The van der Waals surface area contributed by atoms with Crippen molar-refractivity contribution in [1.82, 2.24) is 0 Å². The molecule has 1 aliphatic heterocycles. The van der Waals surface area contributed by atoms with Crippen LogP contribution in [0.2, 0.25) is 0 Å². The summed E-state index contributed by atoms with van der Waals surface area (Å²) >= 11 is 0. The molecule has 2 aliphatic rings. The van der Waals surface area contributed by atoms with Crippen molar-refractivity contribution in [3.8, 4) is 0 Å². The van der Waals surface area contributed by atoms with Crippen molar-refractivity contribution in [1.29, 1.82) is 0 Å².